The van der Waals surface area contributed by atoms with Gasteiger partial charge in [0.1, 0.15) is 0 Å². The predicted octanol–water partition coefficient (Wildman–Crippen LogP) is 5.23. The summed E-state index contributed by atoms with van der Waals surface area (Å²) in [5.41, 5.74) is 0.474. The standard InChI is InChI=1S/C19H34O2.C2H2/c1-5-14-21-18-12-8-16(9-13-18)19(2,3)15-6-10-17(20-4)11-7-15;1-2/h5,15-18H,1,6-14H2,2-4H3;1-2H. The van der Waals surface area contributed by atoms with Gasteiger partial charge in [0.2, 0.25) is 0 Å². The van der Waals surface area contributed by atoms with Crippen molar-refractivity contribution in [3.63, 3.8) is 0 Å². The first-order chi connectivity index (χ1) is 11.1. The third-order valence-corrected chi connectivity index (χ3v) is 6.24. The van der Waals surface area contributed by atoms with Gasteiger partial charge in [0, 0.05) is 7.11 Å². The van der Waals surface area contributed by atoms with E-state index in [4.69, 9.17) is 9.47 Å². The molecule has 2 aliphatic rings. The maximum absolute atomic E-state index is 5.83. The molecule has 0 aliphatic heterocycles. The SMILES string of the molecule is C#C.C=CCOC1CCC(C(C)(C)C2CCC(OC)CC2)CC1. The Morgan fingerprint density at radius 2 is 1.35 bits per heavy atom. The van der Waals surface area contributed by atoms with Crippen LogP contribution in [0.15, 0.2) is 12.7 Å². The highest BCUT2D eigenvalue weighted by molar-refractivity contribution is 4.91. The molecule has 0 aromatic carbocycles. The molecule has 2 aliphatic carbocycles. The zero-order valence-electron chi connectivity index (χ0n) is 15.4. The Bertz CT molecular complexity index is 342. The van der Waals surface area contributed by atoms with Crippen molar-refractivity contribution in [3.05, 3.63) is 12.7 Å². The second-order valence-corrected chi connectivity index (χ2v) is 7.63. The molecule has 0 aromatic heterocycles. The van der Waals surface area contributed by atoms with E-state index >= 15 is 0 Å². The maximum Gasteiger partial charge on any atom is 0.0648 e. The molecule has 2 fully saturated rings. The highest BCUT2D eigenvalue weighted by atomic mass is 16.5. The Kier molecular flexibility index (Phi) is 8.95. The van der Waals surface area contributed by atoms with Crippen LogP contribution in [0.5, 0.6) is 0 Å². The summed E-state index contributed by atoms with van der Waals surface area (Å²) in [6.07, 6.45) is 21.2. The molecular formula is C21H36O2. The van der Waals surface area contributed by atoms with E-state index in [1.54, 1.807) is 0 Å². The second-order valence-electron chi connectivity index (χ2n) is 7.63. The predicted molar refractivity (Wildman–Crippen MR) is 98.3 cm³/mol. The van der Waals surface area contributed by atoms with Gasteiger partial charge in [-0.05, 0) is 68.6 Å². The normalized spacial score (nSPS) is 31.7. The van der Waals surface area contributed by atoms with Gasteiger partial charge >= 0.3 is 0 Å². The molecule has 0 radical (unpaired) electrons. The van der Waals surface area contributed by atoms with Crippen LogP contribution >= 0.6 is 0 Å². The van der Waals surface area contributed by atoms with Gasteiger partial charge in [-0.1, -0.05) is 19.9 Å². The highest BCUT2D eigenvalue weighted by Gasteiger charge is 2.40. The molecule has 0 aromatic rings. The van der Waals surface area contributed by atoms with Crippen LogP contribution < -0.4 is 0 Å². The molecule has 132 valence electrons. The van der Waals surface area contributed by atoms with Gasteiger partial charge in [0.15, 0.2) is 0 Å². The third-order valence-electron chi connectivity index (χ3n) is 6.24. The van der Waals surface area contributed by atoms with Gasteiger partial charge in [0.25, 0.3) is 0 Å². The molecule has 0 N–H and O–H groups in total. The van der Waals surface area contributed by atoms with Crippen molar-refractivity contribution in [1.82, 2.24) is 0 Å². The van der Waals surface area contributed by atoms with Gasteiger partial charge in [0.05, 0.1) is 18.8 Å². The molecule has 0 amide bonds. The average Bonchev–Trinajstić information content (AvgIpc) is 2.62. The highest BCUT2D eigenvalue weighted by Crippen LogP contribution is 2.48. The lowest BCUT2D eigenvalue weighted by molar-refractivity contribution is -0.0223. The molecule has 2 saturated carbocycles. The first kappa shape index (κ1) is 20.3. The molecule has 0 bridgehead atoms. The van der Waals surface area contributed by atoms with Crippen LogP contribution in [0.2, 0.25) is 0 Å². The molecule has 23 heavy (non-hydrogen) atoms. The number of hydrogen-bond acceptors (Lipinski definition) is 2. The summed E-state index contributed by atoms with van der Waals surface area (Å²) in [5.74, 6) is 1.74. The van der Waals surface area contributed by atoms with E-state index < -0.39 is 0 Å². The monoisotopic (exact) mass is 320 g/mol. The van der Waals surface area contributed by atoms with Crippen LogP contribution in [-0.4, -0.2) is 25.9 Å². The average molecular weight is 321 g/mol. The number of terminal acetylenes is 1. The zero-order valence-corrected chi connectivity index (χ0v) is 15.4. The second kappa shape index (κ2) is 10.2. The molecule has 0 heterocycles. The van der Waals surface area contributed by atoms with E-state index in [0.717, 1.165) is 11.8 Å². The number of ether oxygens (including phenoxy) is 2. The molecule has 0 spiro atoms. The van der Waals surface area contributed by atoms with Crippen molar-refractivity contribution in [1.29, 1.82) is 0 Å². The fourth-order valence-electron chi connectivity index (χ4n) is 4.55. The van der Waals surface area contributed by atoms with Crippen LogP contribution in [-0.2, 0) is 9.47 Å². The smallest absolute Gasteiger partial charge is 0.0648 e. The third kappa shape index (κ3) is 5.66. The molecule has 0 atom stereocenters. The zero-order chi connectivity index (χ0) is 17.3. The summed E-state index contributed by atoms with van der Waals surface area (Å²) in [6, 6.07) is 0. The van der Waals surface area contributed by atoms with Crippen molar-refractivity contribution >= 4 is 0 Å². The fraction of sp³-hybridized carbons (Fsp3) is 0.810. The van der Waals surface area contributed by atoms with Crippen molar-refractivity contribution in [2.24, 2.45) is 17.3 Å². The summed E-state index contributed by atoms with van der Waals surface area (Å²) in [4.78, 5) is 0. The first-order valence-corrected chi connectivity index (χ1v) is 9.16. The van der Waals surface area contributed by atoms with E-state index in [1.807, 2.05) is 13.2 Å². The molecule has 2 heteroatoms. The summed E-state index contributed by atoms with van der Waals surface area (Å²) in [5, 5.41) is 0. The van der Waals surface area contributed by atoms with Gasteiger partial charge in [-0.15, -0.1) is 19.4 Å². The summed E-state index contributed by atoms with van der Waals surface area (Å²) in [6.45, 7) is 9.47. The Morgan fingerprint density at radius 1 is 0.913 bits per heavy atom. The summed E-state index contributed by atoms with van der Waals surface area (Å²) in [7, 11) is 1.86. The Labute approximate surface area is 144 Å². The minimum atomic E-state index is 0.472. The van der Waals surface area contributed by atoms with E-state index in [-0.39, 0.29) is 0 Å². The maximum atomic E-state index is 5.83. The van der Waals surface area contributed by atoms with Crippen molar-refractivity contribution in [2.75, 3.05) is 13.7 Å². The van der Waals surface area contributed by atoms with Crippen LogP contribution in [0.25, 0.3) is 0 Å². The Hall–Kier alpha value is -0.780. The van der Waals surface area contributed by atoms with E-state index in [0.29, 0.717) is 24.2 Å². The summed E-state index contributed by atoms with van der Waals surface area (Å²) < 4.78 is 11.4. The van der Waals surface area contributed by atoms with Crippen LogP contribution in [0.4, 0.5) is 0 Å². The lowest BCUT2D eigenvalue weighted by atomic mass is 9.60. The molecule has 0 unspecified atom stereocenters. The van der Waals surface area contributed by atoms with Crippen molar-refractivity contribution in [2.45, 2.75) is 77.4 Å². The van der Waals surface area contributed by atoms with Gasteiger partial charge in [-0.25, -0.2) is 0 Å². The minimum Gasteiger partial charge on any atom is -0.381 e. The molecule has 2 nitrogen and oxygen atoms in total. The molecular weight excluding hydrogens is 284 g/mol. The van der Waals surface area contributed by atoms with E-state index in [2.05, 4.69) is 33.3 Å². The minimum absolute atomic E-state index is 0.472. The topological polar surface area (TPSA) is 18.5 Å². The van der Waals surface area contributed by atoms with E-state index in [1.165, 1.54) is 51.4 Å². The van der Waals surface area contributed by atoms with Crippen molar-refractivity contribution in [3.8, 4) is 12.8 Å². The lowest BCUT2D eigenvalue weighted by Gasteiger charge is -2.46. The molecule has 2 rings (SSSR count). The fourth-order valence-corrected chi connectivity index (χ4v) is 4.55. The Balaban J connectivity index is 0.00000127. The van der Waals surface area contributed by atoms with Gasteiger partial charge in [-0.2, -0.15) is 0 Å². The number of hydrogen-bond donors (Lipinski definition) is 0. The van der Waals surface area contributed by atoms with Crippen molar-refractivity contribution < 1.29 is 9.47 Å². The van der Waals surface area contributed by atoms with Crippen LogP contribution in [0.1, 0.15) is 65.2 Å². The van der Waals surface area contributed by atoms with E-state index in [9.17, 15) is 0 Å². The van der Waals surface area contributed by atoms with Crippen LogP contribution in [0.3, 0.4) is 0 Å². The largest absolute Gasteiger partial charge is 0.381 e. The number of rotatable bonds is 6. The molecule has 0 saturated heterocycles. The van der Waals surface area contributed by atoms with Crippen LogP contribution in [0, 0.1) is 30.1 Å². The van der Waals surface area contributed by atoms with Gasteiger partial charge in [-0.3, -0.25) is 0 Å². The number of methoxy groups -OCH3 is 1. The quantitative estimate of drug-likeness (QED) is 0.493. The lowest BCUT2D eigenvalue weighted by Crippen LogP contribution is -2.39. The van der Waals surface area contributed by atoms with Gasteiger partial charge < -0.3 is 9.47 Å². The summed E-state index contributed by atoms with van der Waals surface area (Å²) >= 11 is 0. The Morgan fingerprint density at radius 3 is 1.74 bits per heavy atom. The first-order valence-electron chi connectivity index (χ1n) is 9.16.